The van der Waals surface area contributed by atoms with E-state index in [1.165, 1.54) is 0 Å². The van der Waals surface area contributed by atoms with E-state index in [0.29, 0.717) is 29.2 Å². The quantitative estimate of drug-likeness (QED) is 0.593. The van der Waals surface area contributed by atoms with Crippen molar-refractivity contribution in [2.45, 2.75) is 6.42 Å². The number of carbonyl (C=O) groups excluding carboxylic acids is 1. The van der Waals surface area contributed by atoms with Gasteiger partial charge in [-0.15, -0.1) is 0 Å². The zero-order valence-corrected chi connectivity index (χ0v) is 13.3. The third kappa shape index (κ3) is 3.02. The van der Waals surface area contributed by atoms with Crippen LogP contribution in [0.3, 0.4) is 0 Å². The third-order valence-corrected chi connectivity index (χ3v) is 3.71. The molecule has 0 aromatic heterocycles. The van der Waals surface area contributed by atoms with Gasteiger partial charge >= 0.3 is 0 Å². The molecule has 0 atom stereocenters. The minimum Gasteiger partial charge on any atom is -0.493 e. The first-order chi connectivity index (χ1) is 11.6. The van der Waals surface area contributed by atoms with Crippen LogP contribution in [0.4, 0.5) is 11.4 Å². The maximum absolute atomic E-state index is 11.5. The number of ether oxygens (including phenoxy) is 2. The Kier molecular flexibility index (Phi) is 4.35. The summed E-state index contributed by atoms with van der Waals surface area (Å²) in [5, 5.41) is 11.9. The summed E-state index contributed by atoms with van der Waals surface area (Å²) >= 11 is 0. The molecule has 0 bridgehead atoms. The molecule has 0 spiro atoms. The third-order valence-electron chi connectivity index (χ3n) is 3.71. The lowest BCUT2D eigenvalue weighted by Crippen LogP contribution is -2.19. The van der Waals surface area contributed by atoms with Crippen molar-refractivity contribution < 1.29 is 19.5 Å². The molecule has 2 aromatic rings. The Balaban J connectivity index is 1.81. The number of nitrogens with zero attached hydrogens (tertiary/aromatic N) is 1. The fraction of sp³-hybridized carbons (Fsp3) is 0.176. The largest absolute Gasteiger partial charge is 0.493 e. The maximum atomic E-state index is 11.5. The van der Waals surface area contributed by atoms with Crippen molar-refractivity contribution in [2.24, 2.45) is 4.99 Å². The average molecular weight is 327 g/mol. The topological polar surface area (TPSA) is 92.2 Å². The lowest BCUT2D eigenvalue weighted by atomic mass is 10.1. The number of nitrogens with one attached hydrogen (secondary N) is 2. The van der Waals surface area contributed by atoms with Crippen LogP contribution in [0, 0.1) is 0 Å². The number of hydrogen-bond acceptors (Lipinski definition) is 6. The number of carbonyl (C=O) groups is 1. The second-order valence-corrected chi connectivity index (χ2v) is 5.22. The van der Waals surface area contributed by atoms with Crippen molar-refractivity contribution in [2.75, 3.05) is 19.5 Å². The van der Waals surface area contributed by atoms with Crippen molar-refractivity contribution in [3.8, 4) is 11.5 Å². The summed E-state index contributed by atoms with van der Waals surface area (Å²) in [7, 11) is 3.18. The van der Waals surface area contributed by atoms with E-state index in [1.54, 1.807) is 37.9 Å². The van der Waals surface area contributed by atoms with Gasteiger partial charge in [0.1, 0.15) is 5.84 Å². The summed E-state index contributed by atoms with van der Waals surface area (Å²) in [6, 6.07) is 10.5. The van der Waals surface area contributed by atoms with Crippen molar-refractivity contribution in [3.63, 3.8) is 0 Å². The van der Waals surface area contributed by atoms with Crippen LogP contribution in [-0.4, -0.2) is 31.2 Å². The molecule has 1 aliphatic rings. The van der Waals surface area contributed by atoms with Crippen molar-refractivity contribution >= 4 is 23.1 Å². The van der Waals surface area contributed by atoms with Gasteiger partial charge in [0.05, 0.1) is 19.9 Å². The lowest BCUT2D eigenvalue weighted by molar-refractivity contribution is 0.0706. The van der Waals surface area contributed by atoms with Crippen LogP contribution in [0.1, 0.15) is 15.9 Å². The first-order valence-corrected chi connectivity index (χ1v) is 7.28. The Bertz CT molecular complexity index is 817. The summed E-state index contributed by atoms with van der Waals surface area (Å²) in [6.45, 7) is 0. The predicted octanol–water partition coefficient (Wildman–Crippen LogP) is 2.52. The van der Waals surface area contributed by atoms with Crippen LogP contribution in [0.15, 0.2) is 41.4 Å². The van der Waals surface area contributed by atoms with Crippen LogP contribution in [-0.2, 0) is 6.42 Å². The fourth-order valence-corrected chi connectivity index (χ4v) is 2.56. The molecule has 7 nitrogen and oxygen atoms in total. The van der Waals surface area contributed by atoms with E-state index in [2.05, 4.69) is 10.3 Å². The molecule has 0 radical (unpaired) electrons. The van der Waals surface area contributed by atoms with E-state index in [9.17, 15) is 4.79 Å². The molecule has 1 aliphatic heterocycles. The smallest absolute Gasteiger partial charge is 0.274 e. The number of methoxy groups -OCH3 is 2. The zero-order chi connectivity index (χ0) is 17.1. The molecule has 0 fully saturated rings. The number of amidine groups is 1. The zero-order valence-electron chi connectivity index (χ0n) is 13.3. The van der Waals surface area contributed by atoms with Gasteiger partial charge in [0.25, 0.3) is 5.91 Å². The number of rotatable bonds is 4. The van der Waals surface area contributed by atoms with E-state index < -0.39 is 5.91 Å². The molecule has 7 heteroatoms. The van der Waals surface area contributed by atoms with E-state index in [4.69, 9.17) is 14.7 Å². The van der Waals surface area contributed by atoms with E-state index in [0.717, 1.165) is 17.1 Å². The van der Waals surface area contributed by atoms with Gasteiger partial charge in [0, 0.05) is 23.7 Å². The van der Waals surface area contributed by atoms with Crippen LogP contribution in [0.25, 0.3) is 0 Å². The van der Waals surface area contributed by atoms with Gasteiger partial charge in [-0.05, 0) is 29.8 Å². The fourth-order valence-electron chi connectivity index (χ4n) is 2.56. The molecule has 0 unspecified atom stereocenters. The van der Waals surface area contributed by atoms with Gasteiger partial charge in [-0.2, -0.15) is 0 Å². The highest BCUT2D eigenvalue weighted by Crippen LogP contribution is 2.38. The van der Waals surface area contributed by atoms with Crippen molar-refractivity contribution in [1.29, 1.82) is 0 Å². The Morgan fingerprint density at radius 1 is 1.17 bits per heavy atom. The number of fused-ring (bicyclic) bond motifs is 1. The monoisotopic (exact) mass is 327 g/mol. The highest BCUT2D eigenvalue weighted by molar-refractivity contribution is 6.03. The molecule has 0 aliphatic carbocycles. The van der Waals surface area contributed by atoms with Crippen molar-refractivity contribution in [1.82, 2.24) is 5.48 Å². The van der Waals surface area contributed by atoms with E-state index in [1.807, 2.05) is 18.2 Å². The SMILES string of the molecule is COc1cc2c(cc1OC)N=C(Nc1cccc(C(=O)NO)c1)C2. The number of anilines is 1. The van der Waals surface area contributed by atoms with Gasteiger partial charge in [0.15, 0.2) is 11.5 Å². The predicted molar refractivity (Wildman–Crippen MR) is 89.7 cm³/mol. The number of amides is 1. The molecule has 3 N–H and O–H groups in total. The Hall–Kier alpha value is -3.06. The van der Waals surface area contributed by atoms with Crippen LogP contribution in [0.2, 0.25) is 0 Å². The van der Waals surface area contributed by atoms with Gasteiger partial charge in [-0.1, -0.05) is 6.07 Å². The molecular formula is C17H17N3O4. The van der Waals surface area contributed by atoms with Crippen LogP contribution >= 0.6 is 0 Å². The van der Waals surface area contributed by atoms with Crippen LogP contribution < -0.4 is 20.3 Å². The maximum Gasteiger partial charge on any atom is 0.274 e. The summed E-state index contributed by atoms with van der Waals surface area (Å²) in [4.78, 5) is 16.0. The molecular weight excluding hydrogens is 310 g/mol. The summed E-state index contributed by atoms with van der Waals surface area (Å²) < 4.78 is 10.6. The lowest BCUT2D eigenvalue weighted by Gasteiger charge is -2.09. The second-order valence-electron chi connectivity index (χ2n) is 5.22. The highest BCUT2D eigenvalue weighted by atomic mass is 16.5. The summed E-state index contributed by atoms with van der Waals surface area (Å²) in [6.07, 6.45) is 0.617. The molecule has 24 heavy (non-hydrogen) atoms. The van der Waals surface area contributed by atoms with Gasteiger partial charge < -0.3 is 14.8 Å². The minimum atomic E-state index is -0.565. The first-order valence-electron chi connectivity index (χ1n) is 7.28. The number of aliphatic imine (C=N–C) groups is 1. The van der Waals surface area contributed by atoms with Gasteiger partial charge in [0.2, 0.25) is 0 Å². The first kappa shape index (κ1) is 15.8. The summed E-state index contributed by atoms with van der Waals surface area (Å²) in [5.41, 5.74) is 4.52. The molecule has 3 rings (SSSR count). The number of hydrogen-bond donors (Lipinski definition) is 3. The molecule has 2 aromatic carbocycles. The van der Waals surface area contributed by atoms with E-state index in [-0.39, 0.29) is 0 Å². The second kappa shape index (κ2) is 6.59. The Labute approximate surface area is 138 Å². The standard InChI is InChI=1S/C17H17N3O4/c1-23-14-7-11-8-16(19-13(11)9-15(14)24-2)18-12-5-3-4-10(6-12)17(21)20-22/h3-7,9,22H,8H2,1-2H3,(H,18,19)(H,20,21). The normalized spacial score (nSPS) is 12.2. The van der Waals surface area contributed by atoms with E-state index >= 15 is 0 Å². The van der Waals surface area contributed by atoms with Gasteiger partial charge in [-0.25, -0.2) is 10.5 Å². The highest BCUT2D eigenvalue weighted by Gasteiger charge is 2.19. The molecule has 124 valence electrons. The molecule has 1 amide bonds. The Morgan fingerprint density at radius 2 is 1.92 bits per heavy atom. The van der Waals surface area contributed by atoms with Gasteiger partial charge in [-0.3, -0.25) is 10.0 Å². The number of hydroxylamine groups is 1. The Morgan fingerprint density at radius 3 is 2.62 bits per heavy atom. The summed E-state index contributed by atoms with van der Waals surface area (Å²) in [5.74, 6) is 1.48. The average Bonchev–Trinajstić information content (AvgIpc) is 3.00. The van der Waals surface area contributed by atoms with Crippen molar-refractivity contribution in [3.05, 3.63) is 47.5 Å². The van der Waals surface area contributed by atoms with Crippen LogP contribution in [0.5, 0.6) is 11.5 Å². The minimum absolute atomic E-state index is 0.349. The molecule has 0 saturated carbocycles. The molecule has 1 heterocycles. The molecule has 0 saturated heterocycles. The number of benzene rings is 2.